The first-order valence-corrected chi connectivity index (χ1v) is 7.44. The Morgan fingerprint density at radius 1 is 1.28 bits per heavy atom. The monoisotopic (exact) mass is 280 g/mol. The highest BCUT2D eigenvalue weighted by atomic mass is 32.2. The molecule has 7 nitrogen and oxygen atoms in total. The summed E-state index contributed by atoms with van der Waals surface area (Å²) in [5.41, 5.74) is -0.639. The third-order valence-electron chi connectivity index (χ3n) is 2.15. The van der Waals surface area contributed by atoms with Crippen LogP contribution in [0.4, 0.5) is 4.79 Å². The lowest BCUT2D eigenvalue weighted by Gasteiger charge is -2.27. The summed E-state index contributed by atoms with van der Waals surface area (Å²) in [4.78, 5) is 22.4. The van der Waals surface area contributed by atoms with Crippen molar-refractivity contribution in [3.8, 4) is 0 Å². The zero-order chi connectivity index (χ0) is 14.6. The molecule has 0 bridgehead atoms. The molecular formula is C10H20N2O5S. The molecule has 1 atom stereocenters. The molecule has 0 radical (unpaired) electrons. The summed E-state index contributed by atoms with van der Waals surface area (Å²) in [5, 5.41) is 13.6. The summed E-state index contributed by atoms with van der Waals surface area (Å²) < 4.78 is 21.7. The Morgan fingerprint density at radius 2 is 1.78 bits per heavy atom. The Kier molecular flexibility index (Phi) is 5.59. The Balaban J connectivity index is 4.33. The van der Waals surface area contributed by atoms with Gasteiger partial charge in [-0.15, -0.1) is 0 Å². The van der Waals surface area contributed by atoms with Crippen molar-refractivity contribution < 1.29 is 23.1 Å². The van der Waals surface area contributed by atoms with Gasteiger partial charge in [0.25, 0.3) is 0 Å². The molecule has 0 aliphatic rings. The molecule has 0 unspecified atom stereocenters. The highest BCUT2D eigenvalue weighted by Crippen LogP contribution is 2.19. The third kappa shape index (κ3) is 7.10. The van der Waals surface area contributed by atoms with Crippen molar-refractivity contribution in [3.05, 3.63) is 0 Å². The van der Waals surface area contributed by atoms with Crippen molar-refractivity contribution in [2.75, 3.05) is 18.6 Å². The Labute approximate surface area is 107 Å². The summed E-state index contributed by atoms with van der Waals surface area (Å²) >= 11 is 0. The fourth-order valence-electron chi connectivity index (χ4n) is 1.18. The van der Waals surface area contributed by atoms with Crippen molar-refractivity contribution in [1.82, 2.24) is 10.6 Å². The normalized spacial score (nSPS) is 13.8. The maximum Gasteiger partial charge on any atom is 0.326 e. The molecule has 0 aromatic heterocycles. The molecule has 0 heterocycles. The fourth-order valence-corrected chi connectivity index (χ4v) is 1.65. The smallest absolute Gasteiger partial charge is 0.326 e. The van der Waals surface area contributed by atoms with E-state index < -0.39 is 33.3 Å². The molecule has 0 aromatic carbocycles. The highest BCUT2D eigenvalue weighted by Gasteiger charge is 2.32. The fraction of sp³-hybridized carbons (Fsp3) is 0.800. The van der Waals surface area contributed by atoms with E-state index in [1.165, 1.54) is 0 Å². The minimum absolute atomic E-state index is 0.0544. The van der Waals surface area contributed by atoms with Crippen molar-refractivity contribution >= 4 is 21.8 Å². The van der Waals surface area contributed by atoms with Gasteiger partial charge in [-0.05, 0) is 5.41 Å². The summed E-state index contributed by atoms with van der Waals surface area (Å²) in [7, 11) is -3.15. The molecule has 18 heavy (non-hydrogen) atoms. The number of hydrogen-bond donors (Lipinski definition) is 3. The summed E-state index contributed by atoms with van der Waals surface area (Å²) in [6, 6.07) is -1.74. The van der Waals surface area contributed by atoms with Gasteiger partial charge in [-0.1, -0.05) is 20.8 Å². The first-order chi connectivity index (χ1) is 7.93. The molecule has 0 aliphatic carbocycles. The third-order valence-corrected chi connectivity index (χ3v) is 3.09. The van der Waals surface area contributed by atoms with Crippen LogP contribution >= 0.6 is 0 Å². The standard InChI is InChI=1S/C10H20N2O5S/c1-10(2,3)7(8(13)14)12-9(15)11-5-6-18(4,16)17/h7H,5-6H2,1-4H3,(H,13,14)(H2,11,12,15)/t7-/m1/s1. The van der Waals surface area contributed by atoms with Crippen LogP contribution in [0.5, 0.6) is 0 Å². The second-order valence-corrected chi connectivity index (χ2v) is 7.43. The average Bonchev–Trinajstić information content (AvgIpc) is 2.09. The van der Waals surface area contributed by atoms with Gasteiger partial charge < -0.3 is 15.7 Å². The second-order valence-electron chi connectivity index (χ2n) is 5.17. The number of carbonyl (C=O) groups excluding carboxylic acids is 1. The average molecular weight is 280 g/mol. The van der Waals surface area contributed by atoms with Crippen LogP contribution in [0.3, 0.4) is 0 Å². The van der Waals surface area contributed by atoms with Crippen LogP contribution in [-0.2, 0) is 14.6 Å². The molecule has 0 saturated heterocycles. The topological polar surface area (TPSA) is 113 Å². The summed E-state index contributed by atoms with van der Waals surface area (Å²) in [6.45, 7) is 4.99. The zero-order valence-electron chi connectivity index (χ0n) is 11.0. The molecule has 2 amide bonds. The Hall–Kier alpha value is -1.31. The largest absolute Gasteiger partial charge is 0.480 e. The molecule has 0 spiro atoms. The maximum atomic E-state index is 11.4. The molecule has 3 N–H and O–H groups in total. The van der Waals surface area contributed by atoms with Crippen molar-refractivity contribution in [3.63, 3.8) is 0 Å². The highest BCUT2D eigenvalue weighted by molar-refractivity contribution is 7.90. The number of urea groups is 1. The number of rotatable bonds is 5. The van der Waals surface area contributed by atoms with E-state index in [-0.39, 0.29) is 12.3 Å². The molecule has 0 aliphatic heterocycles. The van der Waals surface area contributed by atoms with Gasteiger partial charge in [0, 0.05) is 12.8 Å². The van der Waals surface area contributed by atoms with Crippen LogP contribution in [0.2, 0.25) is 0 Å². The number of aliphatic carboxylic acids is 1. The lowest BCUT2D eigenvalue weighted by molar-refractivity contribution is -0.141. The molecular weight excluding hydrogens is 260 g/mol. The number of carboxylic acid groups (broad SMARTS) is 1. The maximum absolute atomic E-state index is 11.4. The molecule has 0 fully saturated rings. The van der Waals surface area contributed by atoms with Crippen LogP contribution < -0.4 is 10.6 Å². The van der Waals surface area contributed by atoms with Gasteiger partial charge >= 0.3 is 12.0 Å². The Morgan fingerprint density at radius 3 is 2.11 bits per heavy atom. The van der Waals surface area contributed by atoms with E-state index in [0.29, 0.717) is 0 Å². The predicted octanol–water partition coefficient (Wildman–Crippen LogP) is -0.170. The van der Waals surface area contributed by atoms with Crippen LogP contribution in [-0.4, -0.2) is 50.1 Å². The second kappa shape index (κ2) is 6.03. The first kappa shape index (κ1) is 16.7. The van der Waals surface area contributed by atoms with Gasteiger partial charge in [0.15, 0.2) is 0 Å². The summed E-state index contributed by atoms with van der Waals surface area (Å²) in [5.74, 6) is -1.33. The van der Waals surface area contributed by atoms with Gasteiger partial charge in [-0.25, -0.2) is 18.0 Å². The molecule has 0 saturated carbocycles. The van der Waals surface area contributed by atoms with Gasteiger partial charge in [-0.2, -0.15) is 0 Å². The number of nitrogens with one attached hydrogen (secondary N) is 2. The van der Waals surface area contributed by atoms with E-state index >= 15 is 0 Å². The number of amides is 2. The number of sulfone groups is 1. The van der Waals surface area contributed by atoms with Gasteiger partial charge in [0.2, 0.25) is 0 Å². The molecule has 106 valence electrons. The minimum Gasteiger partial charge on any atom is -0.480 e. The van der Waals surface area contributed by atoms with Gasteiger partial charge in [-0.3, -0.25) is 0 Å². The number of hydrogen-bond acceptors (Lipinski definition) is 4. The van der Waals surface area contributed by atoms with E-state index in [1.54, 1.807) is 20.8 Å². The van der Waals surface area contributed by atoms with Crippen LogP contribution in [0, 0.1) is 5.41 Å². The Bertz CT molecular complexity index is 410. The van der Waals surface area contributed by atoms with Crippen molar-refractivity contribution in [1.29, 1.82) is 0 Å². The van der Waals surface area contributed by atoms with Crippen LogP contribution in [0.25, 0.3) is 0 Å². The lowest BCUT2D eigenvalue weighted by atomic mass is 9.87. The van der Waals surface area contributed by atoms with E-state index in [2.05, 4.69) is 10.6 Å². The van der Waals surface area contributed by atoms with Crippen LogP contribution in [0.1, 0.15) is 20.8 Å². The van der Waals surface area contributed by atoms with Crippen LogP contribution in [0.15, 0.2) is 0 Å². The molecule has 0 rings (SSSR count). The zero-order valence-corrected chi connectivity index (χ0v) is 11.8. The van der Waals surface area contributed by atoms with E-state index in [0.717, 1.165) is 6.26 Å². The number of carboxylic acids is 1. The predicted molar refractivity (Wildman–Crippen MR) is 67.1 cm³/mol. The summed E-state index contributed by atoms with van der Waals surface area (Å²) in [6.07, 6.45) is 1.06. The minimum atomic E-state index is -3.15. The van der Waals surface area contributed by atoms with E-state index in [9.17, 15) is 18.0 Å². The number of carbonyl (C=O) groups is 2. The lowest BCUT2D eigenvalue weighted by Crippen LogP contribution is -2.52. The molecule has 8 heteroatoms. The van der Waals surface area contributed by atoms with E-state index in [1.807, 2.05) is 0 Å². The quantitative estimate of drug-likeness (QED) is 0.647. The first-order valence-electron chi connectivity index (χ1n) is 5.38. The van der Waals surface area contributed by atoms with Crippen molar-refractivity contribution in [2.45, 2.75) is 26.8 Å². The molecule has 0 aromatic rings. The van der Waals surface area contributed by atoms with Gasteiger partial charge in [0.1, 0.15) is 15.9 Å². The van der Waals surface area contributed by atoms with Crippen molar-refractivity contribution in [2.24, 2.45) is 5.41 Å². The SMILES string of the molecule is CC(C)(C)[C@H](NC(=O)NCCS(C)(=O)=O)C(=O)O. The van der Waals surface area contributed by atoms with Gasteiger partial charge in [0.05, 0.1) is 5.75 Å². The van der Waals surface area contributed by atoms with E-state index in [4.69, 9.17) is 5.11 Å².